The Kier molecular flexibility index (Phi) is 3.04. The average molecular weight is 285 g/mol. The van der Waals surface area contributed by atoms with Crippen LogP contribution in [-0.4, -0.2) is 5.11 Å². The predicted molar refractivity (Wildman–Crippen MR) is 82.4 cm³/mol. The number of phenols is 1. The van der Waals surface area contributed by atoms with Crippen LogP contribution in [0.1, 0.15) is 45.3 Å². The lowest BCUT2D eigenvalue weighted by Crippen LogP contribution is -2.18. The van der Waals surface area contributed by atoms with Gasteiger partial charge in [-0.15, -0.1) is 11.3 Å². The summed E-state index contributed by atoms with van der Waals surface area (Å²) in [5.74, 6) is 0.460. The van der Waals surface area contributed by atoms with Crippen LogP contribution in [0.25, 0.3) is 0 Å². The van der Waals surface area contributed by atoms with Crippen LogP contribution in [0.2, 0.25) is 0 Å². The monoisotopic (exact) mass is 285 g/mol. The highest BCUT2D eigenvalue weighted by atomic mass is 32.1. The number of aromatic hydroxyl groups is 1. The van der Waals surface area contributed by atoms with Crippen molar-refractivity contribution >= 4 is 11.3 Å². The van der Waals surface area contributed by atoms with Gasteiger partial charge in [0.25, 0.3) is 0 Å². The van der Waals surface area contributed by atoms with Crippen LogP contribution in [0.15, 0.2) is 24.3 Å². The van der Waals surface area contributed by atoms with Crippen molar-refractivity contribution in [2.45, 2.75) is 44.7 Å². The molecule has 2 aromatic rings. The fourth-order valence-electron chi connectivity index (χ4n) is 3.55. The number of hydrogen-bond donors (Lipinski definition) is 2. The normalized spacial score (nSPS) is 20.1. The van der Waals surface area contributed by atoms with Crippen molar-refractivity contribution in [3.8, 4) is 5.75 Å². The maximum absolute atomic E-state index is 9.89. The Labute approximate surface area is 123 Å². The second-order valence-electron chi connectivity index (χ2n) is 5.83. The zero-order chi connectivity index (χ0) is 13.5. The minimum absolute atomic E-state index is 0.397. The van der Waals surface area contributed by atoms with Gasteiger partial charge in [0.1, 0.15) is 5.75 Å². The van der Waals surface area contributed by atoms with E-state index in [-0.39, 0.29) is 0 Å². The molecule has 0 aliphatic heterocycles. The first-order chi connectivity index (χ1) is 9.81. The molecule has 2 nitrogen and oxygen atoms in total. The van der Waals surface area contributed by atoms with E-state index in [9.17, 15) is 5.11 Å². The van der Waals surface area contributed by atoms with Gasteiger partial charge in [-0.05, 0) is 60.9 Å². The van der Waals surface area contributed by atoms with Gasteiger partial charge in [0, 0.05) is 22.3 Å². The standard InChI is InChI=1S/C17H19NOS/c19-16-5-2-4-13-14(16)7-8-15(13)18-10-12-9-11-3-1-6-17(11)20-12/h2,4-5,9,15,18-19H,1,3,6-8,10H2. The molecule has 0 amide bonds. The van der Waals surface area contributed by atoms with Crippen molar-refractivity contribution in [1.82, 2.24) is 5.32 Å². The number of fused-ring (bicyclic) bond motifs is 2. The molecule has 1 aromatic heterocycles. The Morgan fingerprint density at radius 1 is 1.25 bits per heavy atom. The SMILES string of the molecule is Oc1cccc2c1CCC2NCc1cc2c(s1)CCC2. The number of thiophene rings is 1. The van der Waals surface area contributed by atoms with E-state index < -0.39 is 0 Å². The van der Waals surface area contributed by atoms with E-state index in [1.807, 2.05) is 17.4 Å². The maximum atomic E-state index is 9.89. The summed E-state index contributed by atoms with van der Waals surface area (Å²) in [7, 11) is 0. The van der Waals surface area contributed by atoms with Gasteiger partial charge < -0.3 is 10.4 Å². The van der Waals surface area contributed by atoms with Crippen LogP contribution in [0.4, 0.5) is 0 Å². The van der Waals surface area contributed by atoms with E-state index in [1.165, 1.54) is 29.7 Å². The highest BCUT2D eigenvalue weighted by molar-refractivity contribution is 7.12. The lowest BCUT2D eigenvalue weighted by Gasteiger charge is -2.13. The van der Waals surface area contributed by atoms with Crippen LogP contribution in [0, 0.1) is 0 Å². The van der Waals surface area contributed by atoms with E-state index >= 15 is 0 Å². The first-order valence-corrected chi connectivity index (χ1v) is 8.27. The van der Waals surface area contributed by atoms with Crippen molar-refractivity contribution in [1.29, 1.82) is 0 Å². The molecule has 0 fully saturated rings. The molecule has 0 bridgehead atoms. The number of aryl methyl sites for hydroxylation is 2. The summed E-state index contributed by atoms with van der Waals surface area (Å²) in [5, 5.41) is 13.6. The molecular weight excluding hydrogens is 266 g/mol. The maximum Gasteiger partial charge on any atom is 0.119 e. The third-order valence-corrected chi connectivity index (χ3v) is 5.80. The van der Waals surface area contributed by atoms with Crippen LogP contribution >= 0.6 is 11.3 Å². The summed E-state index contributed by atoms with van der Waals surface area (Å²) in [6.45, 7) is 0.956. The van der Waals surface area contributed by atoms with Crippen LogP contribution in [0.3, 0.4) is 0 Å². The smallest absolute Gasteiger partial charge is 0.119 e. The molecule has 2 aliphatic rings. The van der Waals surface area contributed by atoms with Crippen molar-refractivity contribution in [3.05, 3.63) is 50.7 Å². The van der Waals surface area contributed by atoms with Gasteiger partial charge in [-0.25, -0.2) is 0 Å². The second-order valence-corrected chi connectivity index (χ2v) is 7.05. The quantitative estimate of drug-likeness (QED) is 0.901. The molecule has 1 atom stereocenters. The van der Waals surface area contributed by atoms with Gasteiger partial charge in [-0.3, -0.25) is 0 Å². The largest absolute Gasteiger partial charge is 0.508 e. The Balaban J connectivity index is 1.47. The van der Waals surface area contributed by atoms with Gasteiger partial charge in [0.05, 0.1) is 0 Å². The third kappa shape index (κ3) is 2.05. The molecule has 1 heterocycles. The van der Waals surface area contributed by atoms with Gasteiger partial charge in [0.2, 0.25) is 0 Å². The molecule has 0 spiro atoms. The summed E-state index contributed by atoms with van der Waals surface area (Å²) in [6, 6.07) is 8.68. The molecule has 104 valence electrons. The van der Waals surface area contributed by atoms with Gasteiger partial charge in [-0.1, -0.05) is 12.1 Å². The molecule has 0 saturated heterocycles. The zero-order valence-electron chi connectivity index (χ0n) is 11.5. The number of rotatable bonds is 3. The van der Waals surface area contributed by atoms with Crippen molar-refractivity contribution < 1.29 is 5.11 Å². The third-order valence-electron chi connectivity index (χ3n) is 4.57. The molecule has 3 heteroatoms. The van der Waals surface area contributed by atoms with E-state index in [0.717, 1.165) is 24.9 Å². The first-order valence-electron chi connectivity index (χ1n) is 7.46. The van der Waals surface area contributed by atoms with Gasteiger partial charge >= 0.3 is 0 Å². The molecule has 0 radical (unpaired) electrons. The molecule has 2 N–H and O–H groups in total. The number of hydrogen-bond acceptors (Lipinski definition) is 3. The summed E-state index contributed by atoms with van der Waals surface area (Å²) in [6.07, 6.45) is 5.97. The highest BCUT2D eigenvalue weighted by Gasteiger charge is 2.24. The van der Waals surface area contributed by atoms with Gasteiger partial charge in [-0.2, -0.15) is 0 Å². The Hall–Kier alpha value is -1.32. The number of benzene rings is 1. The molecule has 4 rings (SSSR count). The fraction of sp³-hybridized carbons (Fsp3) is 0.412. The lowest BCUT2D eigenvalue weighted by atomic mass is 10.1. The van der Waals surface area contributed by atoms with Crippen LogP contribution < -0.4 is 5.32 Å². The second kappa shape index (κ2) is 4.90. The zero-order valence-corrected chi connectivity index (χ0v) is 12.3. The van der Waals surface area contributed by atoms with Crippen LogP contribution in [-0.2, 0) is 25.8 Å². The van der Waals surface area contributed by atoms with Crippen molar-refractivity contribution in [2.75, 3.05) is 0 Å². The van der Waals surface area contributed by atoms with E-state index in [4.69, 9.17) is 0 Å². The Bertz CT molecular complexity index is 625. The molecule has 20 heavy (non-hydrogen) atoms. The van der Waals surface area contributed by atoms with Crippen molar-refractivity contribution in [3.63, 3.8) is 0 Å². The lowest BCUT2D eigenvalue weighted by molar-refractivity contribution is 0.469. The summed E-state index contributed by atoms with van der Waals surface area (Å²) < 4.78 is 0. The number of nitrogens with one attached hydrogen (secondary N) is 1. The Morgan fingerprint density at radius 3 is 3.10 bits per heavy atom. The topological polar surface area (TPSA) is 32.3 Å². The van der Waals surface area contributed by atoms with Gasteiger partial charge in [0.15, 0.2) is 0 Å². The minimum atomic E-state index is 0.397. The van der Waals surface area contributed by atoms with E-state index in [0.29, 0.717) is 11.8 Å². The Morgan fingerprint density at radius 2 is 2.20 bits per heavy atom. The number of phenolic OH excluding ortho intramolecular Hbond substituents is 1. The summed E-state index contributed by atoms with van der Waals surface area (Å²) in [5.41, 5.74) is 4.00. The average Bonchev–Trinajstić information content (AvgIpc) is 3.10. The molecule has 2 aliphatic carbocycles. The fourth-order valence-corrected chi connectivity index (χ4v) is 4.76. The minimum Gasteiger partial charge on any atom is -0.508 e. The van der Waals surface area contributed by atoms with Crippen LogP contribution in [0.5, 0.6) is 5.75 Å². The summed E-state index contributed by atoms with van der Waals surface area (Å²) in [4.78, 5) is 3.06. The molecular formula is C17H19NOS. The molecule has 1 unspecified atom stereocenters. The highest BCUT2D eigenvalue weighted by Crippen LogP contribution is 2.37. The predicted octanol–water partition coefficient (Wildman–Crippen LogP) is 3.72. The first kappa shape index (κ1) is 12.4. The van der Waals surface area contributed by atoms with Crippen molar-refractivity contribution in [2.24, 2.45) is 0 Å². The van der Waals surface area contributed by atoms with E-state index in [1.54, 1.807) is 16.5 Å². The molecule has 1 aromatic carbocycles. The van der Waals surface area contributed by atoms with E-state index in [2.05, 4.69) is 17.4 Å². The molecule has 0 saturated carbocycles. The summed E-state index contributed by atoms with van der Waals surface area (Å²) >= 11 is 1.98.